The van der Waals surface area contributed by atoms with Gasteiger partial charge in [-0.15, -0.1) is 0 Å². The second kappa shape index (κ2) is 6.19. The van der Waals surface area contributed by atoms with Gasteiger partial charge in [-0.05, 0) is 36.1 Å². The zero-order valence-corrected chi connectivity index (χ0v) is 12.0. The molecule has 3 heteroatoms. The summed E-state index contributed by atoms with van der Waals surface area (Å²) in [7, 11) is 1.48. The van der Waals surface area contributed by atoms with Gasteiger partial charge in [0.05, 0.1) is 7.11 Å². The molecular formula is C15H24FNO. The van der Waals surface area contributed by atoms with E-state index in [1.54, 1.807) is 12.1 Å². The minimum atomic E-state index is -0.303. The Kier molecular flexibility index (Phi) is 5.15. The van der Waals surface area contributed by atoms with E-state index in [1.165, 1.54) is 7.11 Å². The molecule has 0 heterocycles. The lowest BCUT2D eigenvalue weighted by molar-refractivity contribution is 0.272. The fourth-order valence-corrected chi connectivity index (χ4v) is 2.07. The van der Waals surface area contributed by atoms with Crippen LogP contribution in [0.25, 0.3) is 0 Å². The smallest absolute Gasteiger partial charge is 0.165 e. The third-order valence-electron chi connectivity index (χ3n) is 2.97. The molecule has 1 rings (SSSR count). The fourth-order valence-electron chi connectivity index (χ4n) is 2.07. The first kappa shape index (κ1) is 15.0. The fraction of sp³-hybridized carbons (Fsp3) is 0.600. The number of halogens is 1. The Bertz CT molecular complexity index is 385. The second-order valence-corrected chi connectivity index (χ2v) is 5.65. The summed E-state index contributed by atoms with van der Waals surface area (Å²) in [5.41, 5.74) is 1.00. The van der Waals surface area contributed by atoms with Crippen LogP contribution in [0.5, 0.6) is 5.75 Å². The molecule has 0 saturated heterocycles. The SMILES string of the molecule is CCCNC(c1ccc(OC)c(F)c1)C(C)(C)C. The quantitative estimate of drug-likeness (QED) is 0.858. The molecular weight excluding hydrogens is 229 g/mol. The molecule has 0 aliphatic rings. The molecule has 0 bridgehead atoms. The summed E-state index contributed by atoms with van der Waals surface area (Å²) in [6, 6.07) is 5.33. The summed E-state index contributed by atoms with van der Waals surface area (Å²) in [6.45, 7) is 9.52. The van der Waals surface area contributed by atoms with Crippen molar-refractivity contribution in [3.8, 4) is 5.75 Å². The molecule has 0 saturated carbocycles. The van der Waals surface area contributed by atoms with Gasteiger partial charge >= 0.3 is 0 Å². The molecule has 0 aromatic heterocycles. The van der Waals surface area contributed by atoms with Crippen molar-refractivity contribution >= 4 is 0 Å². The maximum absolute atomic E-state index is 13.8. The van der Waals surface area contributed by atoms with Crippen LogP contribution < -0.4 is 10.1 Å². The van der Waals surface area contributed by atoms with Gasteiger partial charge in [0.25, 0.3) is 0 Å². The Morgan fingerprint density at radius 1 is 1.33 bits per heavy atom. The molecule has 1 unspecified atom stereocenters. The third-order valence-corrected chi connectivity index (χ3v) is 2.97. The first-order chi connectivity index (χ1) is 8.40. The Balaban J connectivity index is 3.02. The summed E-state index contributed by atoms with van der Waals surface area (Å²) in [4.78, 5) is 0. The maximum Gasteiger partial charge on any atom is 0.165 e. The molecule has 102 valence electrons. The monoisotopic (exact) mass is 253 g/mol. The van der Waals surface area contributed by atoms with Gasteiger partial charge in [-0.2, -0.15) is 0 Å². The third kappa shape index (κ3) is 3.70. The van der Waals surface area contributed by atoms with E-state index in [4.69, 9.17) is 4.74 Å². The number of methoxy groups -OCH3 is 1. The lowest BCUT2D eigenvalue weighted by Gasteiger charge is -2.32. The van der Waals surface area contributed by atoms with Gasteiger partial charge in [0.1, 0.15) is 0 Å². The number of hydrogen-bond donors (Lipinski definition) is 1. The molecule has 2 nitrogen and oxygen atoms in total. The van der Waals surface area contributed by atoms with Gasteiger partial charge in [-0.3, -0.25) is 0 Å². The van der Waals surface area contributed by atoms with Crippen LogP contribution in [0, 0.1) is 11.2 Å². The standard InChI is InChI=1S/C15H24FNO/c1-6-9-17-14(15(2,3)4)11-7-8-13(18-5)12(16)10-11/h7-8,10,14,17H,6,9H2,1-5H3. The van der Waals surface area contributed by atoms with Crippen molar-refractivity contribution in [1.29, 1.82) is 0 Å². The van der Waals surface area contributed by atoms with Crippen LogP contribution in [0.2, 0.25) is 0 Å². The van der Waals surface area contributed by atoms with Crippen molar-refractivity contribution in [3.05, 3.63) is 29.6 Å². The van der Waals surface area contributed by atoms with E-state index < -0.39 is 0 Å². The number of rotatable bonds is 5. The average molecular weight is 253 g/mol. The molecule has 0 radical (unpaired) electrons. The highest BCUT2D eigenvalue weighted by molar-refractivity contribution is 5.31. The zero-order chi connectivity index (χ0) is 13.8. The lowest BCUT2D eigenvalue weighted by atomic mass is 9.82. The number of benzene rings is 1. The van der Waals surface area contributed by atoms with E-state index in [0.29, 0.717) is 5.75 Å². The van der Waals surface area contributed by atoms with E-state index >= 15 is 0 Å². The van der Waals surface area contributed by atoms with Crippen LogP contribution in [0.1, 0.15) is 45.7 Å². The van der Waals surface area contributed by atoms with E-state index in [1.807, 2.05) is 6.07 Å². The van der Waals surface area contributed by atoms with Crippen molar-refractivity contribution in [3.63, 3.8) is 0 Å². The molecule has 18 heavy (non-hydrogen) atoms. The van der Waals surface area contributed by atoms with E-state index in [-0.39, 0.29) is 17.3 Å². The van der Waals surface area contributed by atoms with E-state index in [9.17, 15) is 4.39 Å². The second-order valence-electron chi connectivity index (χ2n) is 5.65. The van der Waals surface area contributed by atoms with Crippen LogP contribution in [0.15, 0.2) is 18.2 Å². The molecule has 0 aliphatic carbocycles. The summed E-state index contributed by atoms with van der Waals surface area (Å²) in [6.07, 6.45) is 1.06. The molecule has 1 atom stereocenters. The minimum Gasteiger partial charge on any atom is -0.494 e. The Morgan fingerprint density at radius 2 is 2.00 bits per heavy atom. The zero-order valence-electron chi connectivity index (χ0n) is 12.0. The molecule has 0 fully saturated rings. The van der Waals surface area contributed by atoms with Crippen LogP contribution in [0.4, 0.5) is 4.39 Å². The van der Waals surface area contributed by atoms with Crippen LogP contribution in [0.3, 0.4) is 0 Å². The predicted octanol–water partition coefficient (Wildman–Crippen LogP) is 3.92. The number of ether oxygens (including phenoxy) is 1. The van der Waals surface area contributed by atoms with Crippen molar-refractivity contribution in [1.82, 2.24) is 5.32 Å². The molecule has 0 spiro atoms. The maximum atomic E-state index is 13.8. The predicted molar refractivity (Wildman–Crippen MR) is 73.4 cm³/mol. The van der Waals surface area contributed by atoms with Crippen LogP contribution >= 0.6 is 0 Å². The van der Waals surface area contributed by atoms with Crippen LogP contribution in [-0.2, 0) is 0 Å². The number of nitrogens with one attached hydrogen (secondary N) is 1. The molecule has 1 aromatic rings. The van der Waals surface area contributed by atoms with Crippen molar-refractivity contribution in [2.75, 3.05) is 13.7 Å². The van der Waals surface area contributed by atoms with Crippen molar-refractivity contribution in [2.45, 2.75) is 40.2 Å². The summed E-state index contributed by atoms with van der Waals surface area (Å²) in [5.74, 6) is -0.00977. The normalized spacial score (nSPS) is 13.4. The van der Waals surface area contributed by atoms with Crippen LogP contribution in [-0.4, -0.2) is 13.7 Å². The van der Waals surface area contributed by atoms with Gasteiger partial charge in [0, 0.05) is 6.04 Å². The minimum absolute atomic E-state index is 0.0379. The van der Waals surface area contributed by atoms with E-state index in [2.05, 4.69) is 33.0 Å². The molecule has 1 N–H and O–H groups in total. The molecule has 1 aromatic carbocycles. The number of hydrogen-bond acceptors (Lipinski definition) is 2. The van der Waals surface area contributed by atoms with Gasteiger partial charge in [0.2, 0.25) is 0 Å². The molecule has 0 aliphatic heterocycles. The largest absolute Gasteiger partial charge is 0.494 e. The van der Waals surface area contributed by atoms with Gasteiger partial charge in [-0.25, -0.2) is 4.39 Å². The average Bonchev–Trinajstić information content (AvgIpc) is 2.28. The lowest BCUT2D eigenvalue weighted by Crippen LogP contribution is -2.32. The van der Waals surface area contributed by atoms with Gasteiger partial charge < -0.3 is 10.1 Å². The highest BCUT2D eigenvalue weighted by Crippen LogP contribution is 2.34. The van der Waals surface area contributed by atoms with Gasteiger partial charge in [0.15, 0.2) is 11.6 Å². The first-order valence-corrected chi connectivity index (χ1v) is 6.47. The Morgan fingerprint density at radius 3 is 2.44 bits per heavy atom. The van der Waals surface area contributed by atoms with E-state index in [0.717, 1.165) is 18.5 Å². The Hall–Kier alpha value is -1.09. The van der Waals surface area contributed by atoms with Crippen molar-refractivity contribution in [2.24, 2.45) is 5.41 Å². The summed E-state index contributed by atoms with van der Waals surface area (Å²) in [5, 5.41) is 3.48. The Labute approximate surface area is 110 Å². The molecule has 0 amide bonds. The van der Waals surface area contributed by atoms with Crippen molar-refractivity contribution < 1.29 is 9.13 Å². The highest BCUT2D eigenvalue weighted by atomic mass is 19.1. The summed E-state index contributed by atoms with van der Waals surface area (Å²) < 4.78 is 18.7. The summed E-state index contributed by atoms with van der Waals surface area (Å²) >= 11 is 0. The topological polar surface area (TPSA) is 21.3 Å². The highest BCUT2D eigenvalue weighted by Gasteiger charge is 2.26. The van der Waals surface area contributed by atoms with Gasteiger partial charge in [-0.1, -0.05) is 33.8 Å². The first-order valence-electron chi connectivity index (χ1n) is 6.47.